The van der Waals surface area contributed by atoms with Crippen LogP contribution in [0.1, 0.15) is 37.1 Å². The third kappa shape index (κ3) is 4.92. The summed E-state index contributed by atoms with van der Waals surface area (Å²) < 4.78 is 0. The van der Waals surface area contributed by atoms with E-state index in [1.165, 1.54) is 11.1 Å². The van der Waals surface area contributed by atoms with Crippen molar-refractivity contribution in [1.82, 2.24) is 10.6 Å². The Morgan fingerprint density at radius 2 is 1.00 bits per heavy atom. The minimum Gasteiger partial charge on any atom is -0.302 e. The number of hydrogen-bond donors (Lipinski definition) is 2. The van der Waals surface area contributed by atoms with Gasteiger partial charge in [0.1, 0.15) is 0 Å². The van der Waals surface area contributed by atoms with E-state index in [0.29, 0.717) is 0 Å². The molecular weight excluding hydrogens is 292 g/mol. The van der Waals surface area contributed by atoms with Crippen molar-refractivity contribution >= 4 is 0 Å². The Morgan fingerprint density at radius 3 is 1.29 bits per heavy atom. The lowest BCUT2D eigenvalue weighted by Crippen LogP contribution is -2.47. The largest absolute Gasteiger partial charge is 0.302 e. The summed E-state index contributed by atoms with van der Waals surface area (Å²) in [6.45, 7) is 12.4. The molecule has 0 saturated heterocycles. The molecule has 0 aliphatic heterocycles. The monoisotopic (exact) mass is 320 g/mol. The number of benzene rings is 2. The summed E-state index contributed by atoms with van der Waals surface area (Å²) in [7, 11) is 0. The molecule has 2 aromatic rings. The zero-order valence-corrected chi connectivity index (χ0v) is 14.7. The van der Waals surface area contributed by atoms with Gasteiger partial charge in [0.2, 0.25) is 0 Å². The SMILES string of the molecule is C=C[C@@H](N[C@@H](C)c1ccccc1)[C@@H](C=C)N[C@@H](C)c1ccccc1. The molecule has 2 aromatic carbocycles. The van der Waals surface area contributed by atoms with Gasteiger partial charge in [0, 0.05) is 24.2 Å². The maximum absolute atomic E-state index is 4.01. The van der Waals surface area contributed by atoms with Crippen LogP contribution >= 0.6 is 0 Å². The maximum Gasteiger partial charge on any atom is 0.0443 e. The van der Waals surface area contributed by atoms with Crippen molar-refractivity contribution in [3.8, 4) is 0 Å². The summed E-state index contributed by atoms with van der Waals surface area (Å²) in [5.74, 6) is 0. The summed E-state index contributed by atoms with van der Waals surface area (Å²) in [6.07, 6.45) is 3.91. The zero-order chi connectivity index (χ0) is 17.4. The molecule has 2 rings (SSSR count). The molecule has 126 valence electrons. The molecule has 0 spiro atoms. The van der Waals surface area contributed by atoms with Crippen molar-refractivity contribution in [2.75, 3.05) is 0 Å². The number of nitrogens with one attached hydrogen (secondary N) is 2. The Bertz CT molecular complexity index is 563. The number of hydrogen-bond acceptors (Lipinski definition) is 2. The topological polar surface area (TPSA) is 24.1 Å². The van der Waals surface area contributed by atoms with E-state index in [4.69, 9.17) is 0 Å². The first kappa shape index (κ1) is 18.2. The molecule has 0 fully saturated rings. The van der Waals surface area contributed by atoms with Gasteiger partial charge in [0.05, 0.1) is 0 Å². The van der Waals surface area contributed by atoms with Crippen LogP contribution in [0.15, 0.2) is 86.0 Å². The van der Waals surface area contributed by atoms with E-state index in [1.807, 2.05) is 24.3 Å². The lowest BCUT2D eigenvalue weighted by molar-refractivity contribution is 0.404. The van der Waals surface area contributed by atoms with Crippen molar-refractivity contribution in [3.63, 3.8) is 0 Å². The van der Waals surface area contributed by atoms with Gasteiger partial charge in [0.25, 0.3) is 0 Å². The third-order valence-electron chi connectivity index (χ3n) is 4.38. The van der Waals surface area contributed by atoms with Crippen LogP contribution in [0.5, 0.6) is 0 Å². The smallest absolute Gasteiger partial charge is 0.0443 e. The van der Waals surface area contributed by atoms with Crippen molar-refractivity contribution in [1.29, 1.82) is 0 Å². The highest BCUT2D eigenvalue weighted by Crippen LogP contribution is 2.17. The van der Waals surface area contributed by atoms with Crippen LogP contribution in [0.25, 0.3) is 0 Å². The average molecular weight is 320 g/mol. The standard InChI is InChI=1S/C22H28N2/c1-5-21(23-17(3)19-13-9-7-10-14-19)22(6-2)24-18(4)20-15-11-8-12-16-20/h5-18,21-24H,1-2H2,3-4H3/t17-,18-,21+,22+/m0/s1. The van der Waals surface area contributed by atoms with Crippen molar-refractivity contribution < 1.29 is 0 Å². The lowest BCUT2D eigenvalue weighted by atomic mass is 10.0. The van der Waals surface area contributed by atoms with Gasteiger partial charge in [-0.05, 0) is 25.0 Å². The quantitative estimate of drug-likeness (QED) is 0.649. The molecule has 0 amide bonds. The molecular formula is C22H28N2. The number of rotatable bonds is 9. The Hall–Kier alpha value is -2.16. The van der Waals surface area contributed by atoms with E-state index in [0.717, 1.165) is 0 Å². The van der Waals surface area contributed by atoms with Gasteiger partial charge in [-0.3, -0.25) is 0 Å². The fourth-order valence-electron chi connectivity index (χ4n) is 2.89. The Morgan fingerprint density at radius 1 is 0.667 bits per heavy atom. The summed E-state index contributed by atoms with van der Waals surface area (Å²) in [5, 5.41) is 7.28. The predicted octanol–water partition coefficient (Wildman–Crippen LogP) is 4.80. The first-order valence-corrected chi connectivity index (χ1v) is 8.52. The minimum absolute atomic E-state index is 0.101. The van der Waals surface area contributed by atoms with Crippen molar-refractivity contribution in [2.24, 2.45) is 0 Å². The van der Waals surface area contributed by atoms with Gasteiger partial charge in [0.15, 0.2) is 0 Å². The average Bonchev–Trinajstić information content (AvgIpc) is 2.65. The van der Waals surface area contributed by atoms with Crippen molar-refractivity contribution in [2.45, 2.75) is 38.0 Å². The van der Waals surface area contributed by atoms with E-state index in [1.54, 1.807) is 0 Å². The predicted molar refractivity (Wildman–Crippen MR) is 104 cm³/mol. The molecule has 0 unspecified atom stereocenters. The second-order valence-electron chi connectivity index (χ2n) is 6.12. The molecule has 2 nitrogen and oxygen atoms in total. The summed E-state index contributed by atoms with van der Waals surface area (Å²) in [4.78, 5) is 0. The van der Waals surface area contributed by atoms with Crippen LogP contribution in [0.3, 0.4) is 0 Å². The zero-order valence-electron chi connectivity index (χ0n) is 14.7. The Balaban J connectivity index is 2.03. The first-order chi connectivity index (χ1) is 11.7. The molecule has 0 saturated carbocycles. The molecule has 2 N–H and O–H groups in total. The van der Waals surface area contributed by atoms with Crippen LogP contribution in [0, 0.1) is 0 Å². The third-order valence-corrected chi connectivity index (χ3v) is 4.38. The van der Waals surface area contributed by atoms with E-state index in [2.05, 4.69) is 86.2 Å². The fraction of sp³-hybridized carbons (Fsp3) is 0.273. The Labute approximate surface area is 146 Å². The van der Waals surface area contributed by atoms with Gasteiger partial charge in [-0.25, -0.2) is 0 Å². The van der Waals surface area contributed by atoms with Gasteiger partial charge >= 0.3 is 0 Å². The first-order valence-electron chi connectivity index (χ1n) is 8.52. The van der Waals surface area contributed by atoms with Crippen LogP contribution in [0.2, 0.25) is 0 Å². The molecule has 0 aromatic heterocycles. The molecule has 0 heterocycles. The molecule has 0 aliphatic carbocycles. The van der Waals surface area contributed by atoms with Crippen LogP contribution in [-0.4, -0.2) is 12.1 Å². The van der Waals surface area contributed by atoms with Crippen LogP contribution in [-0.2, 0) is 0 Å². The second-order valence-corrected chi connectivity index (χ2v) is 6.12. The molecule has 24 heavy (non-hydrogen) atoms. The van der Waals surface area contributed by atoms with Gasteiger partial charge in [-0.15, -0.1) is 13.2 Å². The fourth-order valence-corrected chi connectivity index (χ4v) is 2.89. The van der Waals surface area contributed by atoms with Crippen LogP contribution in [0.4, 0.5) is 0 Å². The molecule has 0 bridgehead atoms. The maximum atomic E-state index is 4.01. The van der Waals surface area contributed by atoms with Gasteiger partial charge in [-0.1, -0.05) is 72.8 Å². The minimum atomic E-state index is 0.101. The second kappa shape index (κ2) is 9.21. The van der Waals surface area contributed by atoms with Crippen molar-refractivity contribution in [3.05, 3.63) is 97.1 Å². The van der Waals surface area contributed by atoms with Gasteiger partial charge in [-0.2, -0.15) is 0 Å². The van der Waals surface area contributed by atoms with Crippen LogP contribution < -0.4 is 10.6 Å². The van der Waals surface area contributed by atoms with E-state index in [9.17, 15) is 0 Å². The van der Waals surface area contributed by atoms with E-state index >= 15 is 0 Å². The van der Waals surface area contributed by atoms with E-state index in [-0.39, 0.29) is 24.2 Å². The lowest BCUT2D eigenvalue weighted by Gasteiger charge is -2.30. The summed E-state index contributed by atoms with van der Waals surface area (Å²) in [6, 6.07) is 21.6. The summed E-state index contributed by atoms with van der Waals surface area (Å²) >= 11 is 0. The van der Waals surface area contributed by atoms with E-state index < -0.39 is 0 Å². The normalized spacial score (nSPS) is 15.9. The highest BCUT2D eigenvalue weighted by atomic mass is 15.0. The highest BCUT2D eigenvalue weighted by molar-refractivity contribution is 5.21. The Kier molecular flexibility index (Phi) is 6.98. The molecule has 0 aliphatic rings. The molecule has 0 radical (unpaired) electrons. The highest BCUT2D eigenvalue weighted by Gasteiger charge is 2.20. The summed E-state index contributed by atoms with van der Waals surface area (Å²) in [5.41, 5.74) is 2.53. The molecule has 2 heteroatoms. The molecule has 4 atom stereocenters. The van der Waals surface area contributed by atoms with Gasteiger partial charge < -0.3 is 10.6 Å².